The second-order valence-corrected chi connectivity index (χ2v) is 9.08. The van der Waals surface area contributed by atoms with Gasteiger partial charge in [-0.1, -0.05) is 17.7 Å². The number of piperazine rings is 1. The Bertz CT molecular complexity index is 1170. The summed E-state index contributed by atoms with van der Waals surface area (Å²) in [5.74, 6) is 0.491. The van der Waals surface area contributed by atoms with Crippen LogP contribution in [0, 0.1) is 0 Å². The molecule has 0 atom stereocenters. The molecule has 2 aromatic heterocycles. The Morgan fingerprint density at radius 1 is 1.15 bits per heavy atom. The minimum atomic E-state index is 0.0406. The number of allylic oxidation sites excluding steroid dienone is 3. The molecule has 0 unspecified atom stereocenters. The third kappa shape index (κ3) is 5.03. The summed E-state index contributed by atoms with van der Waals surface area (Å²) < 4.78 is 0. The molecule has 0 amide bonds. The maximum atomic E-state index is 12.6. The predicted octanol–water partition coefficient (Wildman–Crippen LogP) is 2.84. The SMILES string of the molecule is CN1CCN(CCc2cncc(Nc3ncc4c(n3)C3=C(CC=C(Cl)C=N3)C(=O)C4)c2)CC1. The second kappa shape index (κ2) is 9.51. The third-order valence-electron chi connectivity index (χ3n) is 6.24. The Balaban J connectivity index is 1.31. The van der Waals surface area contributed by atoms with E-state index in [-0.39, 0.29) is 12.2 Å². The Hall–Kier alpha value is -2.94. The van der Waals surface area contributed by atoms with Gasteiger partial charge in [-0.2, -0.15) is 0 Å². The van der Waals surface area contributed by atoms with Crippen molar-refractivity contribution in [2.45, 2.75) is 19.3 Å². The number of hydrogen-bond donors (Lipinski definition) is 1. The number of carbonyl (C=O) groups is 1. The first-order valence-electron chi connectivity index (χ1n) is 11.2. The van der Waals surface area contributed by atoms with Gasteiger partial charge in [0.2, 0.25) is 5.95 Å². The minimum absolute atomic E-state index is 0.0406. The van der Waals surface area contributed by atoms with E-state index in [9.17, 15) is 4.79 Å². The molecular formula is C24H26ClN7O. The lowest BCUT2D eigenvalue weighted by molar-refractivity contribution is -0.115. The molecule has 0 spiro atoms. The van der Waals surface area contributed by atoms with Crippen molar-refractivity contribution in [3.05, 3.63) is 58.2 Å². The number of pyridine rings is 1. The number of Topliss-reactive ketones (excluding diaryl/α,β-unsaturated/α-hetero) is 1. The fraction of sp³-hybridized carbons (Fsp3) is 0.375. The lowest BCUT2D eigenvalue weighted by Crippen LogP contribution is -2.45. The van der Waals surface area contributed by atoms with Gasteiger partial charge in [0, 0.05) is 68.9 Å². The number of hydrogen-bond acceptors (Lipinski definition) is 8. The van der Waals surface area contributed by atoms with E-state index >= 15 is 0 Å². The highest BCUT2D eigenvalue weighted by Crippen LogP contribution is 2.33. The van der Waals surface area contributed by atoms with Crippen LogP contribution in [-0.2, 0) is 17.6 Å². The Morgan fingerprint density at radius 2 is 2.00 bits per heavy atom. The van der Waals surface area contributed by atoms with Gasteiger partial charge in [-0.15, -0.1) is 0 Å². The smallest absolute Gasteiger partial charge is 0.227 e. The van der Waals surface area contributed by atoms with E-state index in [1.807, 2.05) is 6.20 Å². The van der Waals surface area contributed by atoms with Crippen molar-refractivity contribution in [3.63, 3.8) is 0 Å². The van der Waals surface area contributed by atoms with Gasteiger partial charge < -0.3 is 15.1 Å². The number of halogens is 1. The second-order valence-electron chi connectivity index (χ2n) is 8.65. The zero-order valence-corrected chi connectivity index (χ0v) is 19.3. The number of nitrogens with one attached hydrogen (secondary N) is 1. The summed E-state index contributed by atoms with van der Waals surface area (Å²) in [5.41, 5.74) is 4.68. The van der Waals surface area contributed by atoms with E-state index in [1.54, 1.807) is 24.7 Å². The van der Waals surface area contributed by atoms with Crippen molar-refractivity contribution in [1.82, 2.24) is 24.8 Å². The summed E-state index contributed by atoms with van der Waals surface area (Å²) in [4.78, 5) is 35.4. The molecule has 2 aliphatic heterocycles. The van der Waals surface area contributed by atoms with Crippen LogP contribution in [0.1, 0.15) is 23.2 Å². The van der Waals surface area contributed by atoms with Crippen LogP contribution in [0.2, 0.25) is 0 Å². The van der Waals surface area contributed by atoms with Crippen LogP contribution in [0.3, 0.4) is 0 Å². The Labute approximate surface area is 198 Å². The van der Waals surface area contributed by atoms with E-state index < -0.39 is 0 Å². The first kappa shape index (κ1) is 21.9. The molecule has 0 saturated carbocycles. The lowest BCUT2D eigenvalue weighted by Gasteiger charge is -2.32. The molecule has 2 aromatic rings. The van der Waals surface area contributed by atoms with Crippen LogP contribution in [0.25, 0.3) is 5.70 Å². The van der Waals surface area contributed by atoms with E-state index in [4.69, 9.17) is 16.6 Å². The summed E-state index contributed by atoms with van der Waals surface area (Å²) in [6, 6.07) is 2.09. The molecule has 0 radical (unpaired) electrons. The molecular weight excluding hydrogens is 438 g/mol. The maximum Gasteiger partial charge on any atom is 0.227 e. The largest absolute Gasteiger partial charge is 0.323 e. The molecule has 33 heavy (non-hydrogen) atoms. The summed E-state index contributed by atoms with van der Waals surface area (Å²) in [6.07, 6.45) is 10.4. The van der Waals surface area contributed by atoms with Crippen LogP contribution in [0.15, 0.2) is 46.3 Å². The van der Waals surface area contributed by atoms with Crippen molar-refractivity contribution in [3.8, 4) is 0 Å². The zero-order valence-electron chi connectivity index (χ0n) is 18.6. The monoisotopic (exact) mass is 463 g/mol. The lowest BCUT2D eigenvalue weighted by atomic mass is 9.91. The van der Waals surface area contributed by atoms with Gasteiger partial charge in [0.25, 0.3) is 0 Å². The molecule has 0 aromatic carbocycles. The quantitative estimate of drug-likeness (QED) is 0.729. The molecule has 5 rings (SSSR count). The topological polar surface area (TPSA) is 86.6 Å². The van der Waals surface area contributed by atoms with E-state index in [0.717, 1.165) is 50.4 Å². The van der Waals surface area contributed by atoms with Crippen LogP contribution in [-0.4, -0.2) is 76.5 Å². The molecule has 9 heteroatoms. The highest BCUT2D eigenvalue weighted by atomic mass is 35.5. The van der Waals surface area contributed by atoms with Gasteiger partial charge in [-0.05, 0) is 31.5 Å². The minimum Gasteiger partial charge on any atom is -0.323 e. The summed E-state index contributed by atoms with van der Waals surface area (Å²) in [5, 5.41) is 3.78. The van der Waals surface area contributed by atoms with Crippen molar-refractivity contribution in [2.24, 2.45) is 4.99 Å². The number of rotatable bonds is 5. The first-order valence-corrected chi connectivity index (χ1v) is 11.6. The molecule has 170 valence electrons. The van der Waals surface area contributed by atoms with Crippen LogP contribution >= 0.6 is 11.6 Å². The third-order valence-corrected chi connectivity index (χ3v) is 6.50. The molecule has 8 nitrogen and oxygen atoms in total. The number of anilines is 2. The van der Waals surface area contributed by atoms with E-state index in [2.05, 4.69) is 43.2 Å². The number of ketones is 1. The predicted molar refractivity (Wildman–Crippen MR) is 130 cm³/mol. The summed E-state index contributed by atoms with van der Waals surface area (Å²) >= 11 is 6.11. The molecule has 1 fully saturated rings. The van der Waals surface area contributed by atoms with Crippen LogP contribution in [0.4, 0.5) is 11.6 Å². The van der Waals surface area contributed by atoms with Gasteiger partial charge in [0.15, 0.2) is 5.78 Å². The maximum absolute atomic E-state index is 12.6. The zero-order chi connectivity index (χ0) is 22.8. The standard InChI is InChI=1S/C24H26ClN7O/c1-31-6-8-32(9-7-31)5-4-16-10-19(15-26-12-16)29-24-28-13-17-11-21(33)20-3-2-18(25)14-27-23(20)22(17)30-24/h2,10,12-15H,3-9,11H2,1H3,(H,28,29,30). The van der Waals surface area contributed by atoms with Gasteiger partial charge in [-0.3, -0.25) is 14.8 Å². The van der Waals surface area contributed by atoms with Gasteiger partial charge >= 0.3 is 0 Å². The van der Waals surface area contributed by atoms with E-state index in [1.165, 1.54) is 5.56 Å². The summed E-state index contributed by atoms with van der Waals surface area (Å²) in [7, 11) is 2.17. The number of nitrogens with zero attached hydrogens (tertiary/aromatic N) is 6. The van der Waals surface area contributed by atoms with Crippen molar-refractivity contribution in [1.29, 1.82) is 0 Å². The number of aliphatic imine (C=N–C) groups is 1. The molecule has 0 bridgehead atoms. The Morgan fingerprint density at radius 3 is 2.85 bits per heavy atom. The van der Waals surface area contributed by atoms with Gasteiger partial charge in [0.1, 0.15) is 0 Å². The highest BCUT2D eigenvalue weighted by Gasteiger charge is 2.27. The first-order chi connectivity index (χ1) is 16.0. The average molecular weight is 464 g/mol. The van der Waals surface area contributed by atoms with Gasteiger partial charge in [0.05, 0.1) is 28.3 Å². The van der Waals surface area contributed by atoms with Crippen molar-refractivity contribution >= 4 is 40.9 Å². The molecule has 1 saturated heterocycles. The Kier molecular flexibility index (Phi) is 6.30. The fourth-order valence-electron chi connectivity index (χ4n) is 4.26. The number of likely N-dealkylation sites (N-methyl/N-ethyl adjacent to an activating group) is 1. The number of fused-ring (bicyclic) bond motifs is 2. The molecule has 1 aliphatic carbocycles. The fourth-order valence-corrected chi connectivity index (χ4v) is 4.39. The van der Waals surface area contributed by atoms with Gasteiger partial charge in [-0.25, -0.2) is 9.97 Å². The van der Waals surface area contributed by atoms with Crippen LogP contribution in [0.5, 0.6) is 0 Å². The molecule has 4 heterocycles. The average Bonchev–Trinajstić information content (AvgIpc) is 3.02. The molecule has 3 aliphatic rings. The number of aromatic nitrogens is 3. The number of carbonyl (C=O) groups excluding carboxylic acids is 1. The molecule has 1 N–H and O–H groups in total. The van der Waals surface area contributed by atoms with Crippen molar-refractivity contribution in [2.75, 3.05) is 45.1 Å². The summed E-state index contributed by atoms with van der Waals surface area (Å²) in [6.45, 7) is 5.47. The van der Waals surface area contributed by atoms with E-state index in [0.29, 0.717) is 34.4 Å². The van der Waals surface area contributed by atoms with Crippen molar-refractivity contribution < 1.29 is 4.79 Å². The van der Waals surface area contributed by atoms with Crippen LogP contribution < -0.4 is 5.32 Å². The highest BCUT2D eigenvalue weighted by molar-refractivity contribution is 6.39. The normalized spacial score (nSPS) is 19.1.